The van der Waals surface area contributed by atoms with Gasteiger partial charge in [0.2, 0.25) is 0 Å². The minimum absolute atomic E-state index is 0.320. The van der Waals surface area contributed by atoms with E-state index in [2.05, 4.69) is 5.32 Å². The first-order valence-electron chi connectivity index (χ1n) is 6.35. The molecular formula is C15H15F4NS. The van der Waals surface area contributed by atoms with Crippen LogP contribution in [0, 0.1) is 19.7 Å². The molecule has 2 aromatic rings. The Bertz CT molecular complexity index is 626. The van der Waals surface area contributed by atoms with E-state index in [0.29, 0.717) is 5.56 Å². The predicted octanol–water partition coefficient (Wildman–Crippen LogP) is 4.83. The molecule has 0 spiro atoms. The summed E-state index contributed by atoms with van der Waals surface area (Å²) >= 11 is 1.55. The number of hydrogen-bond donors (Lipinski definition) is 1. The summed E-state index contributed by atoms with van der Waals surface area (Å²) in [5, 5.41) is 3.02. The van der Waals surface area contributed by atoms with E-state index in [0.717, 1.165) is 27.5 Å². The van der Waals surface area contributed by atoms with Gasteiger partial charge in [-0.25, -0.2) is 4.39 Å². The van der Waals surface area contributed by atoms with Crippen LogP contribution in [0.5, 0.6) is 0 Å². The van der Waals surface area contributed by atoms with Crippen LogP contribution < -0.4 is 5.32 Å². The lowest BCUT2D eigenvalue weighted by Gasteiger charge is -2.17. The maximum absolute atomic E-state index is 13.7. The molecule has 6 heteroatoms. The van der Waals surface area contributed by atoms with Gasteiger partial charge in [-0.15, -0.1) is 11.3 Å². The summed E-state index contributed by atoms with van der Waals surface area (Å²) in [6, 6.07) is 4.71. The Kier molecular flexibility index (Phi) is 4.39. The minimum atomic E-state index is -4.67. The molecule has 0 radical (unpaired) electrons. The number of rotatable bonds is 3. The predicted molar refractivity (Wildman–Crippen MR) is 76.1 cm³/mol. The van der Waals surface area contributed by atoms with E-state index in [9.17, 15) is 17.6 Å². The highest BCUT2D eigenvalue weighted by Crippen LogP contribution is 2.35. The van der Waals surface area contributed by atoms with E-state index in [1.807, 2.05) is 19.9 Å². The molecule has 1 aromatic heterocycles. The monoisotopic (exact) mass is 317 g/mol. The molecule has 0 aliphatic heterocycles. The molecule has 0 saturated heterocycles. The molecule has 0 bridgehead atoms. The van der Waals surface area contributed by atoms with Gasteiger partial charge in [0, 0.05) is 9.75 Å². The molecule has 0 aliphatic carbocycles. The fraction of sp³-hybridized carbons (Fsp3) is 0.333. The second kappa shape index (κ2) is 5.77. The molecule has 1 unspecified atom stereocenters. The van der Waals surface area contributed by atoms with Crippen molar-refractivity contribution in [1.82, 2.24) is 5.32 Å². The largest absolute Gasteiger partial charge is 0.419 e. The van der Waals surface area contributed by atoms with Crippen LogP contribution in [0.3, 0.4) is 0 Å². The van der Waals surface area contributed by atoms with Gasteiger partial charge in [-0.05, 0) is 50.2 Å². The average molecular weight is 317 g/mol. The number of benzene rings is 1. The lowest BCUT2D eigenvalue weighted by Crippen LogP contribution is -2.17. The third-order valence-corrected chi connectivity index (χ3v) is 4.61. The molecule has 1 atom stereocenters. The summed E-state index contributed by atoms with van der Waals surface area (Å²) in [5.41, 5.74) is 0.353. The maximum atomic E-state index is 13.7. The highest BCUT2D eigenvalue weighted by molar-refractivity contribution is 7.12. The molecule has 0 saturated carbocycles. The van der Waals surface area contributed by atoms with Crippen molar-refractivity contribution < 1.29 is 17.6 Å². The van der Waals surface area contributed by atoms with E-state index in [4.69, 9.17) is 0 Å². The molecule has 0 fully saturated rings. The number of thiophene rings is 1. The molecule has 114 valence electrons. The van der Waals surface area contributed by atoms with Crippen molar-refractivity contribution in [2.24, 2.45) is 0 Å². The summed E-state index contributed by atoms with van der Waals surface area (Å²) in [6.07, 6.45) is -4.67. The van der Waals surface area contributed by atoms with Crippen LogP contribution in [0.15, 0.2) is 24.3 Å². The second-order valence-corrected chi connectivity index (χ2v) is 6.13. The van der Waals surface area contributed by atoms with Crippen LogP contribution in [0.2, 0.25) is 0 Å². The van der Waals surface area contributed by atoms with Crippen LogP contribution >= 0.6 is 11.3 Å². The highest BCUT2D eigenvalue weighted by atomic mass is 32.1. The molecule has 0 amide bonds. The van der Waals surface area contributed by atoms with Gasteiger partial charge in [-0.2, -0.15) is 13.2 Å². The summed E-state index contributed by atoms with van der Waals surface area (Å²) in [7, 11) is 1.70. The summed E-state index contributed by atoms with van der Waals surface area (Å²) < 4.78 is 51.5. The van der Waals surface area contributed by atoms with Crippen LogP contribution in [-0.4, -0.2) is 7.05 Å². The molecule has 2 rings (SSSR count). The summed E-state index contributed by atoms with van der Waals surface area (Å²) in [6.45, 7) is 3.94. The van der Waals surface area contributed by atoms with Crippen LogP contribution in [0.1, 0.15) is 32.5 Å². The topological polar surface area (TPSA) is 12.0 Å². The SMILES string of the molecule is CNC(c1ccc(C(F)(F)F)c(F)c1)c1cc(C)c(C)s1. The van der Waals surface area contributed by atoms with E-state index in [-0.39, 0.29) is 6.04 Å². The Balaban J connectivity index is 2.42. The van der Waals surface area contributed by atoms with E-state index in [1.165, 1.54) is 6.07 Å². The summed E-state index contributed by atoms with van der Waals surface area (Å²) in [4.78, 5) is 2.09. The first kappa shape index (κ1) is 16.0. The van der Waals surface area contributed by atoms with Gasteiger partial charge in [0.1, 0.15) is 5.82 Å². The molecule has 1 N–H and O–H groups in total. The number of alkyl halides is 3. The van der Waals surface area contributed by atoms with Gasteiger partial charge in [-0.3, -0.25) is 0 Å². The Labute approximate surface area is 124 Å². The smallest absolute Gasteiger partial charge is 0.309 e. The number of nitrogens with one attached hydrogen (secondary N) is 1. The number of halogens is 4. The standard InChI is InChI=1S/C15H15F4NS/c1-8-6-13(21-9(8)2)14(20-3)10-4-5-11(12(16)7-10)15(17,18)19/h4-7,14,20H,1-3H3. The highest BCUT2D eigenvalue weighted by Gasteiger charge is 2.34. The quantitative estimate of drug-likeness (QED) is 0.799. The van der Waals surface area contributed by atoms with Crippen LogP contribution in [-0.2, 0) is 6.18 Å². The first-order chi connectivity index (χ1) is 9.74. The Hall–Kier alpha value is -1.40. The maximum Gasteiger partial charge on any atom is 0.419 e. The van der Waals surface area contributed by atoms with E-state index >= 15 is 0 Å². The summed E-state index contributed by atoms with van der Waals surface area (Å²) in [5.74, 6) is -1.25. The fourth-order valence-electron chi connectivity index (χ4n) is 2.16. The third-order valence-electron chi connectivity index (χ3n) is 3.39. The molecule has 21 heavy (non-hydrogen) atoms. The third kappa shape index (κ3) is 3.27. The Morgan fingerprint density at radius 3 is 2.24 bits per heavy atom. The van der Waals surface area contributed by atoms with E-state index in [1.54, 1.807) is 18.4 Å². The zero-order valence-corrected chi connectivity index (χ0v) is 12.6. The van der Waals surface area contributed by atoms with Crippen molar-refractivity contribution in [2.45, 2.75) is 26.1 Å². The van der Waals surface area contributed by atoms with Crippen molar-refractivity contribution >= 4 is 11.3 Å². The van der Waals surface area contributed by atoms with Gasteiger partial charge in [-0.1, -0.05) is 6.07 Å². The number of aryl methyl sites for hydroxylation is 2. The van der Waals surface area contributed by atoms with E-state index < -0.39 is 17.6 Å². The normalized spacial score (nSPS) is 13.5. The van der Waals surface area contributed by atoms with Crippen molar-refractivity contribution in [3.63, 3.8) is 0 Å². The Morgan fingerprint density at radius 1 is 1.14 bits per heavy atom. The van der Waals surface area contributed by atoms with Gasteiger partial charge >= 0.3 is 6.18 Å². The van der Waals surface area contributed by atoms with Gasteiger partial charge in [0.05, 0.1) is 11.6 Å². The van der Waals surface area contributed by atoms with Crippen molar-refractivity contribution in [3.05, 3.63) is 56.5 Å². The molecule has 1 nitrogen and oxygen atoms in total. The molecule has 1 aromatic carbocycles. The van der Waals surface area contributed by atoms with Gasteiger partial charge < -0.3 is 5.32 Å². The van der Waals surface area contributed by atoms with Gasteiger partial charge in [0.15, 0.2) is 0 Å². The first-order valence-corrected chi connectivity index (χ1v) is 7.16. The average Bonchev–Trinajstić information content (AvgIpc) is 2.68. The van der Waals surface area contributed by atoms with Crippen molar-refractivity contribution in [2.75, 3.05) is 7.05 Å². The molecular weight excluding hydrogens is 302 g/mol. The lowest BCUT2D eigenvalue weighted by molar-refractivity contribution is -0.140. The molecule has 0 aliphatic rings. The van der Waals surface area contributed by atoms with Crippen molar-refractivity contribution in [3.8, 4) is 0 Å². The lowest BCUT2D eigenvalue weighted by atomic mass is 10.0. The van der Waals surface area contributed by atoms with Crippen LogP contribution in [0.4, 0.5) is 17.6 Å². The zero-order valence-electron chi connectivity index (χ0n) is 11.8. The van der Waals surface area contributed by atoms with Crippen LogP contribution in [0.25, 0.3) is 0 Å². The Morgan fingerprint density at radius 2 is 1.81 bits per heavy atom. The minimum Gasteiger partial charge on any atom is -0.309 e. The van der Waals surface area contributed by atoms with Gasteiger partial charge in [0.25, 0.3) is 0 Å². The molecule has 1 heterocycles. The van der Waals surface area contributed by atoms with Crippen molar-refractivity contribution in [1.29, 1.82) is 0 Å². The number of hydrogen-bond acceptors (Lipinski definition) is 2. The zero-order chi connectivity index (χ0) is 15.8. The fourth-order valence-corrected chi connectivity index (χ4v) is 3.34. The second-order valence-electron chi connectivity index (χ2n) is 4.85.